The maximum Gasteiger partial charge on any atom is 0.221 e. The van der Waals surface area contributed by atoms with Gasteiger partial charge in [-0.05, 0) is 37.1 Å². The molecule has 0 spiro atoms. The monoisotopic (exact) mass is 269 g/mol. The van der Waals surface area contributed by atoms with Gasteiger partial charge in [0.1, 0.15) is 5.82 Å². The first kappa shape index (κ1) is 12.9. The van der Waals surface area contributed by atoms with Crippen LogP contribution in [0.2, 0.25) is 0 Å². The van der Waals surface area contributed by atoms with E-state index in [1.807, 2.05) is 30.5 Å². The molecule has 20 heavy (non-hydrogen) atoms. The summed E-state index contributed by atoms with van der Waals surface area (Å²) in [5.41, 5.74) is 1.91. The number of imidazole rings is 1. The predicted octanol–water partition coefficient (Wildman–Crippen LogP) is 3.62. The van der Waals surface area contributed by atoms with Gasteiger partial charge in [-0.2, -0.15) is 0 Å². The maximum atomic E-state index is 11.0. The highest BCUT2D eigenvalue weighted by atomic mass is 16.1. The number of carbonyl (C=O) groups is 1. The van der Waals surface area contributed by atoms with Gasteiger partial charge in [-0.3, -0.25) is 4.79 Å². The lowest BCUT2D eigenvalue weighted by Gasteiger charge is -2.15. The average Bonchev–Trinajstić information content (AvgIpc) is 3.09. The van der Waals surface area contributed by atoms with Gasteiger partial charge >= 0.3 is 0 Å². The number of nitrogens with zero attached hydrogens (tertiary/aromatic N) is 2. The Labute approximate surface area is 118 Å². The highest BCUT2D eigenvalue weighted by Gasteiger charge is 2.19. The largest absolute Gasteiger partial charge is 0.328 e. The van der Waals surface area contributed by atoms with Crippen molar-refractivity contribution in [3.8, 4) is 11.4 Å². The smallest absolute Gasteiger partial charge is 0.221 e. The Hall–Kier alpha value is -2.10. The Kier molecular flexibility index (Phi) is 3.54. The van der Waals surface area contributed by atoms with Gasteiger partial charge in [0, 0.05) is 36.6 Å². The molecule has 104 valence electrons. The number of nitrogens with one attached hydrogen (secondary N) is 1. The second-order valence-corrected chi connectivity index (χ2v) is 5.35. The molecule has 4 heteroatoms. The molecule has 1 heterocycles. The van der Waals surface area contributed by atoms with Crippen LogP contribution in [0, 0.1) is 0 Å². The first-order chi connectivity index (χ1) is 9.74. The summed E-state index contributed by atoms with van der Waals surface area (Å²) in [6.07, 6.45) is 9.05. The van der Waals surface area contributed by atoms with Crippen molar-refractivity contribution < 1.29 is 4.79 Å². The molecule has 1 amide bonds. The van der Waals surface area contributed by atoms with Crippen LogP contribution in [0.15, 0.2) is 36.7 Å². The molecular weight excluding hydrogens is 250 g/mol. The topological polar surface area (TPSA) is 46.9 Å². The minimum Gasteiger partial charge on any atom is -0.328 e. The van der Waals surface area contributed by atoms with E-state index in [1.54, 1.807) is 0 Å². The lowest BCUT2D eigenvalue weighted by atomic mass is 10.1. The van der Waals surface area contributed by atoms with Crippen LogP contribution in [0.25, 0.3) is 11.4 Å². The zero-order valence-corrected chi connectivity index (χ0v) is 11.7. The third-order valence-electron chi connectivity index (χ3n) is 3.85. The van der Waals surface area contributed by atoms with Crippen molar-refractivity contribution in [1.29, 1.82) is 0 Å². The number of benzene rings is 1. The van der Waals surface area contributed by atoms with E-state index in [4.69, 9.17) is 0 Å². The van der Waals surface area contributed by atoms with Crippen LogP contribution >= 0.6 is 0 Å². The molecule has 1 aliphatic carbocycles. The van der Waals surface area contributed by atoms with E-state index in [0.29, 0.717) is 6.04 Å². The van der Waals surface area contributed by atoms with E-state index < -0.39 is 0 Å². The fourth-order valence-electron chi connectivity index (χ4n) is 2.92. The number of anilines is 1. The number of aromatic nitrogens is 2. The zero-order chi connectivity index (χ0) is 13.9. The van der Waals surface area contributed by atoms with Gasteiger partial charge in [0.15, 0.2) is 0 Å². The Morgan fingerprint density at radius 1 is 1.25 bits per heavy atom. The molecule has 1 aliphatic rings. The van der Waals surface area contributed by atoms with Crippen LogP contribution in [-0.4, -0.2) is 15.5 Å². The quantitative estimate of drug-likeness (QED) is 0.925. The summed E-state index contributed by atoms with van der Waals surface area (Å²) in [4.78, 5) is 15.5. The number of carbonyl (C=O) groups excluding carboxylic acids is 1. The fourth-order valence-corrected chi connectivity index (χ4v) is 2.92. The summed E-state index contributed by atoms with van der Waals surface area (Å²) in [5.74, 6) is 0.969. The number of rotatable bonds is 3. The number of hydrogen-bond acceptors (Lipinski definition) is 2. The van der Waals surface area contributed by atoms with Gasteiger partial charge in [0.2, 0.25) is 5.91 Å². The van der Waals surface area contributed by atoms with Crippen molar-refractivity contribution >= 4 is 11.6 Å². The van der Waals surface area contributed by atoms with Gasteiger partial charge < -0.3 is 9.88 Å². The lowest BCUT2D eigenvalue weighted by Crippen LogP contribution is -2.06. The summed E-state index contributed by atoms with van der Waals surface area (Å²) in [6, 6.07) is 8.45. The molecule has 0 bridgehead atoms. The van der Waals surface area contributed by atoms with E-state index in [-0.39, 0.29) is 5.91 Å². The molecular formula is C16H19N3O. The third kappa shape index (κ3) is 2.59. The average molecular weight is 269 g/mol. The molecule has 2 aromatic rings. The molecule has 0 saturated heterocycles. The maximum absolute atomic E-state index is 11.0. The van der Waals surface area contributed by atoms with Crippen LogP contribution in [-0.2, 0) is 4.79 Å². The normalized spacial score (nSPS) is 15.4. The van der Waals surface area contributed by atoms with Crippen molar-refractivity contribution in [3.05, 3.63) is 36.7 Å². The van der Waals surface area contributed by atoms with Crippen LogP contribution < -0.4 is 5.32 Å². The highest BCUT2D eigenvalue weighted by Crippen LogP contribution is 2.33. The van der Waals surface area contributed by atoms with Crippen molar-refractivity contribution in [2.45, 2.75) is 38.6 Å². The van der Waals surface area contributed by atoms with Crippen LogP contribution in [0.1, 0.15) is 38.6 Å². The molecule has 4 nitrogen and oxygen atoms in total. The van der Waals surface area contributed by atoms with E-state index in [1.165, 1.54) is 32.6 Å². The van der Waals surface area contributed by atoms with Crippen molar-refractivity contribution in [2.24, 2.45) is 0 Å². The molecule has 0 atom stereocenters. The molecule has 0 aliphatic heterocycles. The lowest BCUT2D eigenvalue weighted by molar-refractivity contribution is -0.114. The Balaban J connectivity index is 1.85. The van der Waals surface area contributed by atoms with Crippen molar-refractivity contribution in [1.82, 2.24) is 9.55 Å². The SMILES string of the molecule is CC(=O)Nc1ccc(-c2nccn2C2CCCC2)cc1. The summed E-state index contributed by atoms with van der Waals surface area (Å²) >= 11 is 0. The standard InChI is InChI=1S/C16H19N3O/c1-12(20)18-14-8-6-13(7-9-14)16-17-10-11-19(16)15-4-2-3-5-15/h6-11,15H,2-5H2,1H3,(H,18,20). The summed E-state index contributed by atoms with van der Waals surface area (Å²) < 4.78 is 2.29. The van der Waals surface area contributed by atoms with Crippen molar-refractivity contribution in [2.75, 3.05) is 5.32 Å². The van der Waals surface area contributed by atoms with E-state index in [9.17, 15) is 4.79 Å². The summed E-state index contributed by atoms with van der Waals surface area (Å²) in [6.45, 7) is 1.51. The van der Waals surface area contributed by atoms with Crippen LogP contribution in [0.5, 0.6) is 0 Å². The first-order valence-electron chi connectivity index (χ1n) is 7.15. The molecule has 0 radical (unpaired) electrons. The van der Waals surface area contributed by atoms with Crippen LogP contribution in [0.3, 0.4) is 0 Å². The molecule has 1 aromatic heterocycles. The third-order valence-corrected chi connectivity index (χ3v) is 3.85. The Morgan fingerprint density at radius 3 is 2.60 bits per heavy atom. The van der Waals surface area contributed by atoms with Gasteiger partial charge in [-0.1, -0.05) is 12.8 Å². The summed E-state index contributed by atoms with van der Waals surface area (Å²) in [5, 5.41) is 2.78. The number of amides is 1. The first-order valence-corrected chi connectivity index (χ1v) is 7.15. The molecule has 3 rings (SSSR count). The van der Waals surface area contributed by atoms with E-state index in [0.717, 1.165) is 17.1 Å². The summed E-state index contributed by atoms with van der Waals surface area (Å²) in [7, 11) is 0. The van der Waals surface area contributed by atoms with Gasteiger partial charge in [-0.15, -0.1) is 0 Å². The molecule has 0 unspecified atom stereocenters. The van der Waals surface area contributed by atoms with Gasteiger partial charge in [0.05, 0.1) is 0 Å². The van der Waals surface area contributed by atoms with Gasteiger partial charge in [0.25, 0.3) is 0 Å². The fraction of sp³-hybridized carbons (Fsp3) is 0.375. The van der Waals surface area contributed by atoms with Crippen molar-refractivity contribution in [3.63, 3.8) is 0 Å². The molecule has 1 saturated carbocycles. The minimum atomic E-state index is -0.0507. The van der Waals surface area contributed by atoms with Gasteiger partial charge in [-0.25, -0.2) is 4.98 Å². The van der Waals surface area contributed by atoms with Crippen LogP contribution in [0.4, 0.5) is 5.69 Å². The van der Waals surface area contributed by atoms with E-state index >= 15 is 0 Å². The van der Waals surface area contributed by atoms with E-state index in [2.05, 4.69) is 21.1 Å². The Morgan fingerprint density at radius 2 is 1.95 bits per heavy atom. The minimum absolute atomic E-state index is 0.0507. The second kappa shape index (κ2) is 5.49. The molecule has 1 aromatic carbocycles. The second-order valence-electron chi connectivity index (χ2n) is 5.35. The number of hydrogen-bond donors (Lipinski definition) is 1. The Bertz CT molecular complexity index is 594. The predicted molar refractivity (Wildman–Crippen MR) is 79.5 cm³/mol. The zero-order valence-electron chi connectivity index (χ0n) is 11.7. The highest BCUT2D eigenvalue weighted by molar-refractivity contribution is 5.88. The molecule has 1 N–H and O–H groups in total. The molecule has 1 fully saturated rings.